The second-order valence-electron chi connectivity index (χ2n) is 13.3. The average molecular weight is 663 g/mol. The van der Waals surface area contributed by atoms with Crippen LogP contribution in [0.3, 0.4) is 0 Å². The molecule has 6 atom stereocenters. The molecule has 0 unspecified atom stereocenters. The third-order valence-electron chi connectivity index (χ3n) is 8.12. The second kappa shape index (κ2) is 12.6. The van der Waals surface area contributed by atoms with Crippen molar-refractivity contribution in [2.24, 2.45) is 0 Å². The lowest BCUT2D eigenvalue weighted by Gasteiger charge is -2.27. The van der Waals surface area contributed by atoms with Crippen molar-refractivity contribution >= 4 is 34.8 Å². The predicted molar refractivity (Wildman–Crippen MR) is 165 cm³/mol. The Labute approximate surface area is 270 Å². The van der Waals surface area contributed by atoms with E-state index in [1.165, 1.54) is 28.8 Å². The lowest BCUT2D eigenvalue weighted by atomic mass is 10.1. The summed E-state index contributed by atoms with van der Waals surface area (Å²) in [5.41, 5.74) is 0.443. The van der Waals surface area contributed by atoms with E-state index in [1.807, 2.05) is 20.8 Å². The van der Waals surface area contributed by atoms with Crippen LogP contribution in [0, 0.1) is 11.6 Å². The number of halogens is 2. The molecule has 0 spiro atoms. The van der Waals surface area contributed by atoms with Gasteiger partial charge in [-0.1, -0.05) is 30.0 Å². The number of fused-ring (bicyclic) bond motifs is 2. The number of carbonyl (C=O) groups is 1. The fourth-order valence-electron chi connectivity index (χ4n) is 6.22. The smallest absolute Gasteiger partial charge is 0.416 e. The van der Waals surface area contributed by atoms with Gasteiger partial charge in [-0.2, -0.15) is 0 Å². The van der Waals surface area contributed by atoms with Gasteiger partial charge in [0, 0.05) is 24.1 Å². The van der Waals surface area contributed by atoms with E-state index in [0.717, 1.165) is 18.2 Å². The van der Waals surface area contributed by atoms with Crippen molar-refractivity contribution in [1.29, 1.82) is 0 Å². The zero-order chi connectivity index (χ0) is 33.0. The predicted octanol–water partition coefficient (Wildman–Crippen LogP) is 5.14. The highest BCUT2D eigenvalue weighted by Crippen LogP contribution is 2.49. The number of thioether (sulfide) groups is 1. The first kappa shape index (κ1) is 32.9. The van der Waals surface area contributed by atoms with Crippen LogP contribution in [0.1, 0.15) is 78.3 Å². The number of carbonyl (C=O) groups excluding carboxylic acids is 1. The summed E-state index contributed by atoms with van der Waals surface area (Å²) < 4.78 is 54.0. The van der Waals surface area contributed by atoms with Gasteiger partial charge in [-0.15, -0.1) is 5.10 Å². The summed E-state index contributed by atoms with van der Waals surface area (Å²) in [6.07, 6.45) is -0.0166. The van der Waals surface area contributed by atoms with Crippen molar-refractivity contribution < 1.29 is 37.6 Å². The standard InChI is InChI=1S/C31H40F2N6O6S/c1-7-12-46-28-34-26(38(29(41)45-30(2,3)4)20-14-17(20)16-8-9-18(32)19(33)13-16)23-27(35-28)39(37-36-23)21-15-22(42-11-10-40)25-24(21)43-31(5,6)44-25/h8-9,13,17,20-22,24-25,40H,7,10-12,14-15H2,1-6H3/t17-,20+,21+,22-,24-,25+/m0/s1. The Bertz CT molecular complexity index is 1600. The highest BCUT2D eigenvalue weighted by atomic mass is 32.2. The molecule has 1 aromatic carbocycles. The molecule has 3 aromatic rings. The second-order valence-corrected chi connectivity index (χ2v) is 14.4. The number of aliphatic hydroxyl groups excluding tert-OH is 1. The normalized spacial score (nSPS) is 26.8. The Morgan fingerprint density at radius 3 is 2.63 bits per heavy atom. The third-order valence-corrected chi connectivity index (χ3v) is 9.17. The Hall–Kier alpha value is -2.98. The fourth-order valence-corrected chi connectivity index (χ4v) is 6.91. The molecule has 12 nitrogen and oxygen atoms in total. The molecule has 2 aromatic heterocycles. The summed E-state index contributed by atoms with van der Waals surface area (Å²) in [5, 5.41) is 18.9. The van der Waals surface area contributed by atoms with E-state index in [0.29, 0.717) is 29.2 Å². The highest BCUT2D eigenvalue weighted by Gasteiger charge is 2.56. The third kappa shape index (κ3) is 6.57. The number of hydrogen-bond acceptors (Lipinski definition) is 11. The van der Waals surface area contributed by atoms with Gasteiger partial charge in [-0.25, -0.2) is 28.2 Å². The van der Waals surface area contributed by atoms with E-state index < -0.39 is 47.4 Å². The molecule has 0 bridgehead atoms. The zero-order valence-corrected chi connectivity index (χ0v) is 27.6. The van der Waals surface area contributed by atoms with Crippen molar-refractivity contribution in [3.63, 3.8) is 0 Å². The molecular formula is C31H40F2N6O6S. The fraction of sp³-hybridized carbons (Fsp3) is 0.645. The summed E-state index contributed by atoms with van der Waals surface area (Å²) in [4.78, 5) is 25.0. The SMILES string of the molecule is CCCSc1nc(N(C(=O)OC(C)(C)C)[C@@H]2C[C@H]2c2ccc(F)c(F)c2)c2nnn([C@@H]3C[C@H](OCCO)[C@H]4OC(C)(C)O[C@H]43)c2n1. The Balaban J connectivity index is 1.43. The van der Waals surface area contributed by atoms with E-state index in [-0.39, 0.29) is 42.6 Å². The van der Waals surface area contributed by atoms with Crippen LogP contribution < -0.4 is 4.90 Å². The molecule has 2 aliphatic carbocycles. The number of hydrogen-bond donors (Lipinski definition) is 1. The molecule has 1 saturated heterocycles. The summed E-state index contributed by atoms with van der Waals surface area (Å²) in [5.74, 6) is -2.06. The van der Waals surface area contributed by atoms with Crippen LogP contribution in [-0.2, 0) is 18.9 Å². The molecule has 3 aliphatic rings. The van der Waals surface area contributed by atoms with Crippen LogP contribution in [0.2, 0.25) is 0 Å². The molecule has 46 heavy (non-hydrogen) atoms. The molecule has 3 fully saturated rings. The topological polar surface area (TPSA) is 134 Å². The maximum atomic E-state index is 14.2. The van der Waals surface area contributed by atoms with Crippen molar-refractivity contribution in [3.8, 4) is 0 Å². The van der Waals surface area contributed by atoms with E-state index in [9.17, 15) is 18.7 Å². The summed E-state index contributed by atoms with van der Waals surface area (Å²) in [6.45, 7) is 11.1. The van der Waals surface area contributed by atoms with Crippen LogP contribution in [0.25, 0.3) is 11.2 Å². The minimum atomic E-state index is -0.949. The van der Waals surface area contributed by atoms with Crippen LogP contribution >= 0.6 is 11.8 Å². The number of amides is 1. The van der Waals surface area contributed by atoms with Crippen molar-refractivity contribution in [2.45, 2.75) is 114 Å². The molecule has 3 heterocycles. The van der Waals surface area contributed by atoms with Gasteiger partial charge in [0.2, 0.25) is 0 Å². The minimum absolute atomic E-state index is 0.128. The van der Waals surface area contributed by atoms with Gasteiger partial charge in [0.15, 0.2) is 39.6 Å². The monoisotopic (exact) mass is 662 g/mol. The van der Waals surface area contributed by atoms with Crippen LogP contribution in [-0.4, -0.2) is 90.9 Å². The number of aliphatic hydroxyl groups is 1. The highest BCUT2D eigenvalue weighted by molar-refractivity contribution is 7.99. The van der Waals surface area contributed by atoms with E-state index in [1.54, 1.807) is 25.5 Å². The largest absolute Gasteiger partial charge is 0.443 e. The Morgan fingerprint density at radius 1 is 1.17 bits per heavy atom. The number of nitrogens with zero attached hydrogens (tertiary/aromatic N) is 6. The zero-order valence-electron chi connectivity index (χ0n) is 26.8. The van der Waals surface area contributed by atoms with Crippen molar-refractivity contribution in [3.05, 3.63) is 35.4 Å². The maximum Gasteiger partial charge on any atom is 0.416 e. The average Bonchev–Trinajstić information content (AvgIpc) is 3.36. The number of aromatic nitrogens is 5. The van der Waals surface area contributed by atoms with Crippen molar-refractivity contribution in [1.82, 2.24) is 25.0 Å². The number of benzene rings is 1. The van der Waals surface area contributed by atoms with Crippen molar-refractivity contribution in [2.75, 3.05) is 23.9 Å². The Kier molecular flexibility index (Phi) is 9.00. The van der Waals surface area contributed by atoms with Gasteiger partial charge in [0.05, 0.1) is 25.4 Å². The molecule has 1 amide bonds. The summed E-state index contributed by atoms with van der Waals surface area (Å²) in [6, 6.07) is 2.96. The lowest BCUT2D eigenvalue weighted by molar-refractivity contribution is -0.171. The minimum Gasteiger partial charge on any atom is -0.443 e. The van der Waals surface area contributed by atoms with Gasteiger partial charge in [-0.05, 0) is 65.2 Å². The number of anilines is 1. The van der Waals surface area contributed by atoms with Crippen LogP contribution in [0.5, 0.6) is 0 Å². The van der Waals surface area contributed by atoms with Gasteiger partial charge in [0.1, 0.15) is 17.8 Å². The summed E-state index contributed by atoms with van der Waals surface area (Å²) in [7, 11) is 0. The Morgan fingerprint density at radius 2 is 1.93 bits per heavy atom. The maximum absolute atomic E-state index is 14.2. The number of ether oxygens (including phenoxy) is 4. The molecule has 0 radical (unpaired) electrons. The molecular weight excluding hydrogens is 622 g/mol. The number of rotatable bonds is 10. The molecule has 1 aliphatic heterocycles. The van der Waals surface area contributed by atoms with E-state index >= 15 is 0 Å². The molecule has 6 rings (SSSR count). The van der Waals surface area contributed by atoms with Gasteiger partial charge < -0.3 is 24.1 Å². The molecule has 2 saturated carbocycles. The van der Waals surface area contributed by atoms with Crippen LogP contribution in [0.4, 0.5) is 19.4 Å². The van der Waals surface area contributed by atoms with Gasteiger partial charge in [0.25, 0.3) is 0 Å². The molecule has 250 valence electrons. The van der Waals surface area contributed by atoms with Gasteiger partial charge >= 0.3 is 6.09 Å². The first-order valence-electron chi connectivity index (χ1n) is 15.6. The first-order valence-corrected chi connectivity index (χ1v) is 16.6. The first-order chi connectivity index (χ1) is 21.8. The van der Waals surface area contributed by atoms with E-state index in [2.05, 4.69) is 10.3 Å². The quantitative estimate of drug-likeness (QED) is 0.228. The molecule has 1 N–H and O–H groups in total. The van der Waals surface area contributed by atoms with Gasteiger partial charge in [-0.3, -0.25) is 4.90 Å². The molecule has 15 heteroatoms. The van der Waals surface area contributed by atoms with Crippen LogP contribution in [0.15, 0.2) is 23.4 Å². The van der Waals surface area contributed by atoms with E-state index in [4.69, 9.17) is 28.9 Å². The summed E-state index contributed by atoms with van der Waals surface area (Å²) >= 11 is 1.44. The lowest BCUT2D eigenvalue weighted by Crippen LogP contribution is -2.39.